The largest absolute Gasteiger partial charge is 0.493 e. The van der Waals surface area contributed by atoms with Gasteiger partial charge in [0.1, 0.15) is 5.75 Å². The van der Waals surface area contributed by atoms with Gasteiger partial charge < -0.3 is 20.5 Å². The number of nitrogens with zero attached hydrogens (tertiary/aromatic N) is 1. The van der Waals surface area contributed by atoms with Crippen molar-refractivity contribution in [1.82, 2.24) is 5.32 Å². The zero-order valence-electron chi connectivity index (χ0n) is 13.7. The van der Waals surface area contributed by atoms with Crippen molar-refractivity contribution in [1.29, 1.82) is 0 Å². The summed E-state index contributed by atoms with van der Waals surface area (Å²) in [6, 6.07) is 8.26. The van der Waals surface area contributed by atoms with Crippen LogP contribution in [0.1, 0.15) is 32.3 Å². The molecule has 1 unspecified atom stereocenters. The van der Waals surface area contributed by atoms with E-state index >= 15 is 0 Å². The third kappa shape index (κ3) is 9.09. The van der Waals surface area contributed by atoms with Crippen LogP contribution in [0, 0.1) is 0 Å². The molecule has 0 aliphatic carbocycles. The minimum absolute atomic E-state index is 0. The Bertz CT molecular complexity index is 441. The van der Waals surface area contributed by atoms with Crippen LogP contribution < -0.4 is 15.8 Å². The maximum absolute atomic E-state index is 5.84. The van der Waals surface area contributed by atoms with Crippen molar-refractivity contribution in [3.05, 3.63) is 29.8 Å². The maximum Gasteiger partial charge on any atom is 0.189 e. The van der Waals surface area contributed by atoms with Gasteiger partial charge in [0.2, 0.25) is 0 Å². The van der Waals surface area contributed by atoms with Crippen LogP contribution in [0.15, 0.2) is 29.3 Å². The molecular weight excluding hydrogens is 393 g/mol. The first-order chi connectivity index (χ1) is 10.2. The average Bonchev–Trinajstić information content (AvgIpc) is 2.50. The lowest BCUT2D eigenvalue weighted by atomic mass is 10.2. The second kappa shape index (κ2) is 12.5. The van der Waals surface area contributed by atoms with Gasteiger partial charge >= 0.3 is 0 Å². The molecule has 1 atom stereocenters. The Labute approximate surface area is 150 Å². The van der Waals surface area contributed by atoms with E-state index in [0.717, 1.165) is 24.2 Å². The number of benzene rings is 1. The molecule has 0 saturated heterocycles. The van der Waals surface area contributed by atoms with Gasteiger partial charge in [-0.25, -0.2) is 4.99 Å². The smallest absolute Gasteiger partial charge is 0.189 e. The van der Waals surface area contributed by atoms with Gasteiger partial charge in [-0.2, -0.15) is 0 Å². The summed E-state index contributed by atoms with van der Waals surface area (Å²) < 4.78 is 10.7. The van der Waals surface area contributed by atoms with Gasteiger partial charge in [0.05, 0.1) is 13.2 Å². The molecule has 0 aliphatic rings. The molecule has 3 N–H and O–H groups in total. The molecule has 0 aromatic heterocycles. The topological polar surface area (TPSA) is 68.9 Å². The molecule has 0 fully saturated rings. The Morgan fingerprint density at radius 3 is 2.82 bits per heavy atom. The Morgan fingerprint density at radius 1 is 1.36 bits per heavy atom. The predicted octanol–water partition coefficient (Wildman–Crippen LogP) is 2.92. The fourth-order valence-electron chi connectivity index (χ4n) is 1.70. The van der Waals surface area contributed by atoms with Crippen molar-refractivity contribution in [2.45, 2.75) is 39.3 Å². The van der Waals surface area contributed by atoms with Crippen LogP contribution in [0.3, 0.4) is 0 Å². The lowest BCUT2D eigenvalue weighted by molar-refractivity contribution is 0.172. The molecule has 1 rings (SSSR count). The van der Waals surface area contributed by atoms with Gasteiger partial charge in [-0.15, -0.1) is 24.0 Å². The molecule has 0 bridgehead atoms. The highest BCUT2D eigenvalue weighted by Gasteiger charge is 2.00. The lowest BCUT2D eigenvalue weighted by Crippen LogP contribution is -2.38. The quantitative estimate of drug-likeness (QED) is 0.279. The van der Waals surface area contributed by atoms with E-state index in [1.54, 1.807) is 7.11 Å². The van der Waals surface area contributed by atoms with E-state index < -0.39 is 0 Å². The average molecular weight is 421 g/mol. The molecule has 1 aromatic rings. The summed E-state index contributed by atoms with van der Waals surface area (Å²) >= 11 is 0. The van der Waals surface area contributed by atoms with Crippen molar-refractivity contribution < 1.29 is 9.47 Å². The zero-order chi connectivity index (χ0) is 15.5. The number of hydrogen-bond donors (Lipinski definition) is 2. The second-order valence-corrected chi connectivity index (χ2v) is 5.00. The van der Waals surface area contributed by atoms with Crippen molar-refractivity contribution in [3.63, 3.8) is 0 Å². The molecule has 0 spiro atoms. The molecule has 0 radical (unpaired) electrons. The van der Waals surface area contributed by atoms with E-state index in [2.05, 4.69) is 24.2 Å². The minimum Gasteiger partial charge on any atom is -0.493 e. The Morgan fingerprint density at radius 2 is 2.14 bits per heavy atom. The fourth-order valence-corrected chi connectivity index (χ4v) is 1.70. The molecule has 126 valence electrons. The molecule has 0 saturated carbocycles. The Kier molecular flexibility index (Phi) is 11.9. The van der Waals surface area contributed by atoms with Crippen LogP contribution in [-0.4, -0.2) is 32.3 Å². The molecule has 0 heterocycles. The molecule has 0 amide bonds. The summed E-state index contributed by atoms with van der Waals surface area (Å²) in [5.74, 6) is 1.34. The van der Waals surface area contributed by atoms with Gasteiger partial charge in [0, 0.05) is 26.2 Å². The molecule has 1 aromatic carbocycles. The Balaban J connectivity index is 0.00000441. The van der Waals surface area contributed by atoms with Crippen molar-refractivity contribution >= 4 is 29.9 Å². The second-order valence-electron chi connectivity index (χ2n) is 5.00. The highest BCUT2D eigenvalue weighted by molar-refractivity contribution is 14.0. The maximum atomic E-state index is 5.84. The van der Waals surface area contributed by atoms with Gasteiger partial charge in [0.25, 0.3) is 0 Å². The lowest BCUT2D eigenvalue weighted by Gasteiger charge is -2.12. The van der Waals surface area contributed by atoms with Gasteiger partial charge in [-0.3, -0.25) is 0 Å². The first-order valence-corrected chi connectivity index (χ1v) is 7.42. The molecule has 22 heavy (non-hydrogen) atoms. The zero-order valence-corrected chi connectivity index (χ0v) is 16.0. The molecule has 0 aliphatic heterocycles. The number of rotatable bonds is 9. The van der Waals surface area contributed by atoms with Crippen LogP contribution in [0.5, 0.6) is 5.75 Å². The van der Waals surface area contributed by atoms with Gasteiger partial charge in [0.15, 0.2) is 5.96 Å². The summed E-state index contributed by atoms with van der Waals surface area (Å²) in [5.41, 5.74) is 6.92. The van der Waals surface area contributed by atoms with Crippen LogP contribution in [0.2, 0.25) is 0 Å². The third-order valence-electron chi connectivity index (χ3n) is 3.10. The summed E-state index contributed by atoms with van der Waals surface area (Å²) in [5, 5.41) is 3.15. The first kappa shape index (κ1) is 21.0. The van der Waals surface area contributed by atoms with Crippen LogP contribution >= 0.6 is 24.0 Å². The van der Waals surface area contributed by atoms with Gasteiger partial charge in [-0.1, -0.05) is 19.1 Å². The first-order valence-electron chi connectivity index (χ1n) is 7.42. The van der Waals surface area contributed by atoms with E-state index in [1.807, 2.05) is 24.3 Å². The number of guanidine groups is 1. The fraction of sp³-hybridized carbons (Fsp3) is 0.562. The molecule has 5 nitrogen and oxygen atoms in total. The normalized spacial score (nSPS) is 12.4. The van der Waals surface area contributed by atoms with E-state index in [4.69, 9.17) is 15.2 Å². The standard InChI is InChI=1S/C16H27N3O2.HI/c1-4-13(2)19-16(17)18-12-14-7-5-8-15(11-14)21-10-6-9-20-3;/h5,7-8,11,13H,4,6,9-10,12H2,1-3H3,(H3,17,18,19);1H. The highest BCUT2D eigenvalue weighted by atomic mass is 127. The van der Waals surface area contributed by atoms with Crippen LogP contribution in [0.4, 0.5) is 0 Å². The van der Waals surface area contributed by atoms with Crippen molar-refractivity contribution in [3.8, 4) is 5.75 Å². The number of hydrogen-bond acceptors (Lipinski definition) is 3. The SMILES string of the molecule is CCC(C)NC(N)=NCc1cccc(OCCCOC)c1.I. The number of ether oxygens (including phenoxy) is 2. The predicted molar refractivity (Wildman–Crippen MR) is 102 cm³/mol. The monoisotopic (exact) mass is 421 g/mol. The van der Waals surface area contributed by atoms with E-state index in [-0.39, 0.29) is 24.0 Å². The van der Waals surface area contributed by atoms with Crippen LogP contribution in [0.25, 0.3) is 0 Å². The summed E-state index contributed by atoms with van der Waals surface area (Å²) in [6.07, 6.45) is 1.89. The summed E-state index contributed by atoms with van der Waals surface area (Å²) in [4.78, 5) is 4.34. The number of methoxy groups -OCH3 is 1. The van der Waals surface area contributed by atoms with E-state index in [1.165, 1.54) is 0 Å². The summed E-state index contributed by atoms with van der Waals surface area (Å²) in [7, 11) is 1.69. The van der Waals surface area contributed by atoms with Crippen molar-refractivity contribution in [2.75, 3.05) is 20.3 Å². The molecular formula is C16H28IN3O2. The van der Waals surface area contributed by atoms with E-state index in [0.29, 0.717) is 31.8 Å². The van der Waals surface area contributed by atoms with Crippen molar-refractivity contribution in [2.24, 2.45) is 10.7 Å². The molecule has 6 heteroatoms. The highest BCUT2D eigenvalue weighted by Crippen LogP contribution is 2.14. The number of halogens is 1. The van der Waals surface area contributed by atoms with Crippen LogP contribution in [-0.2, 0) is 11.3 Å². The van der Waals surface area contributed by atoms with Gasteiger partial charge in [-0.05, 0) is 31.0 Å². The number of nitrogens with two attached hydrogens (primary N) is 1. The number of aliphatic imine (C=N–C) groups is 1. The number of nitrogens with one attached hydrogen (secondary N) is 1. The third-order valence-corrected chi connectivity index (χ3v) is 3.10. The Hall–Kier alpha value is -1.02. The summed E-state index contributed by atoms with van der Waals surface area (Å²) in [6.45, 7) is 6.09. The van der Waals surface area contributed by atoms with E-state index in [9.17, 15) is 0 Å². The minimum atomic E-state index is 0.